The molecule has 1 aliphatic rings. The zero-order chi connectivity index (χ0) is 24.0. The molecule has 0 amide bonds. The van der Waals surface area contributed by atoms with Gasteiger partial charge in [0.25, 0.3) is 0 Å². The molecule has 4 rings (SSSR count). The zero-order valence-corrected chi connectivity index (χ0v) is 20.8. The fourth-order valence-corrected chi connectivity index (χ4v) is 4.56. The first-order chi connectivity index (χ1) is 16.4. The second kappa shape index (κ2) is 11.3. The number of aryl methyl sites for hydroxylation is 3. The van der Waals surface area contributed by atoms with Gasteiger partial charge in [0, 0.05) is 32.3 Å². The summed E-state index contributed by atoms with van der Waals surface area (Å²) in [7, 11) is 0. The number of ether oxygens (including phenoxy) is 2. The Balaban J connectivity index is 1.27. The number of aromatic nitrogens is 2. The molecule has 0 radical (unpaired) electrons. The third-order valence-corrected chi connectivity index (χ3v) is 6.40. The second-order valence-corrected chi connectivity index (χ2v) is 9.80. The summed E-state index contributed by atoms with van der Waals surface area (Å²) < 4.78 is 13.9. The van der Waals surface area contributed by atoms with Gasteiger partial charge in [-0.25, -0.2) is 0 Å². The highest BCUT2D eigenvalue weighted by molar-refractivity contribution is 6.32. The number of aliphatic hydroxyl groups is 1. The van der Waals surface area contributed by atoms with E-state index in [1.807, 2.05) is 61.3 Å². The molecule has 1 N–H and O–H groups in total. The van der Waals surface area contributed by atoms with Crippen molar-refractivity contribution in [2.45, 2.75) is 51.8 Å². The van der Waals surface area contributed by atoms with Crippen LogP contribution in [-0.4, -0.2) is 51.7 Å². The van der Waals surface area contributed by atoms with Gasteiger partial charge >= 0.3 is 0 Å². The predicted molar refractivity (Wildman–Crippen MR) is 135 cm³/mol. The van der Waals surface area contributed by atoms with Crippen LogP contribution < -0.4 is 9.47 Å². The van der Waals surface area contributed by atoms with Crippen molar-refractivity contribution in [2.24, 2.45) is 0 Å². The molecule has 2 heterocycles. The maximum Gasteiger partial charge on any atom is 0.138 e. The van der Waals surface area contributed by atoms with E-state index in [0.717, 1.165) is 43.8 Å². The highest BCUT2D eigenvalue weighted by Gasteiger charge is 2.34. The van der Waals surface area contributed by atoms with E-state index >= 15 is 0 Å². The van der Waals surface area contributed by atoms with E-state index in [-0.39, 0.29) is 6.61 Å². The lowest BCUT2D eigenvalue weighted by atomic mass is 9.93. The van der Waals surface area contributed by atoms with Crippen LogP contribution in [0.2, 0.25) is 5.02 Å². The van der Waals surface area contributed by atoms with Gasteiger partial charge in [0.1, 0.15) is 23.7 Å². The lowest BCUT2D eigenvalue weighted by molar-refractivity contribution is -0.0621. The molecule has 1 aromatic heterocycles. The summed E-state index contributed by atoms with van der Waals surface area (Å²) >= 11 is 6.25. The minimum absolute atomic E-state index is 0.228. The Bertz CT molecular complexity index is 1090. The normalized spacial score (nSPS) is 18.7. The molecular weight excluding hydrogens is 450 g/mol. The zero-order valence-electron chi connectivity index (χ0n) is 20.0. The summed E-state index contributed by atoms with van der Waals surface area (Å²) in [4.78, 5) is 2.28. The van der Waals surface area contributed by atoms with Crippen LogP contribution in [0.15, 0.2) is 54.9 Å². The Hall–Kier alpha value is -2.54. The third kappa shape index (κ3) is 6.98. The Morgan fingerprint density at radius 3 is 2.82 bits per heavy atom. The first-order valence-corrected chi connectivity index (χ1v) is 12.3. The van der Waals surface area contributed by atoms with E-state index in [9.17, 15) is 5.11 Å². The van der Waals surface area contributed by atoms with Gasteiger partial charge in [-0.1, -0.05) is 29.8 Å². The van der Waals surface area contributed by atoms with Crippen molar-refractivity contribution in [3.63, 3.8) is 0 Å². The van der Waals surface area contributed by atoms with E-state index < -0.39 is 5.60 Å². The molecule has 182 valence electrons. The van der Waals surface area contributed by atoms with Gasteiger partial charge in [-0.3, -0.25) is 9.58 Å². The molecule has 34 heavy (non-hydrogen) atoms. The van der Waals surface area contributed by atoms with Crippen molar-refractivity contribution in [3.05, 3.63) is 76.6 Å². The molecule has 0 aliphatic carbocycles. The summed E-state index contributed by atoms with van der Waals surface area (Å²) in [5.41, 5.74) is 2.52. The number of hydrogen-bond donors (Lipinski definition) is 1. The Labute approximate surface area is 207 Å². The van der Waals surface area contributed by atoms with Crippen LogP contribution in [0.3, 0.4) is 0 Å². The minimum Gasteiger partial charge on any atom is -0.494 e. The summed E-state index contributed by atoms with van der Waals surface area (Å²) in [6, 6.07) is 13.9. The third-order valence-electron chi connectivity index (χ3n) is 6.08. The fraction of sp³-hybridized carbons (Fsp3) is 0.444. The number of halogens is 1. The SMILES string of the molecule is Cc1ccc(Cl)c(OC[C@]2(O)CCCN(Cc3cccc(OCCCn4cc(C)cn4)c3)C2)c1. The van der Waals surface area contributed by atoms with Crippen LogP contribution in [0.4, 0.5) is 0 Å². The Morgan fingerprint density at radius 2 is 2.00 bits per heavy atom. The average Bonchev–Trinajstić information content (AvgIpc) is 3.23. The second-order valence-electron chi connectivity index (χ2n) is 9.39. The fourth-order valence-electron chi connectivity index (χ4n) is 4.39. The molecule has 2 aromatic carbocycles. The lowest BCUT2D eigenvalue weighted by Crippen LogP contribution is -2.51. The molecule has 3 aromatic rings. The molecule has 0 spiro atoms. The largest absolute Gasteiger partial charge is 0.494 e. The van der Waals surface area contributed by atoms with Crippen LogP contribution in [0.5, 0.6) is 11.5 Å². The van der Waals surface area contributed by atoms with Crippen molar-refractivity contribution in [2.75, 3.05) is 26.3 Å². The summed E-state index contributed by atoms with van der Waals surface area (Å²) in [6.07, 6.45) is 6.45. The van der Waals surface area contributed by atoms with Crippen LogP contribution in [0, 0.1) is 13.8 Å². The van der Waals surface area contributed by atoms with E-state index in [0.29, 0.717) is 30.3 Å². The van der Waals surface area contributed by atoms with Crippen molar-refractivity contribution in [1.29, 1.82) is 0 Å². The summed E-state index contributed by atoms with van der Waals surface area (Å²) in [5.74, 6) is 1.50. The minimum atomic E-state index is -0.899. The first-order valence-electron chi connectivity index (χ1n) is 11.9. The number of piperidine rings is 1. The van der Waals surface area contributed by atoms with Crippen molar-refractivity contribution in [3.8, 4) is 11.5 Å². The van der Waals surface area contributed by atoms with Crippen LogP contribution in [-0.2, 0) is 13.1 Å². The van der Waals surface area contributed by atoms with Crippen molar-refractivity contribution in [1.82, 2.24) is 14.7 Å². The Morgan fingerprint density at radius 1 is 1.12 bits per heavy atom. The number of nitrogens with zero attached hydrogens (tertiary/aromatic N) is 3. The van der Waals surface area contributed by atoms with Gasteiger partial charge in [-0.05, 0) is 74.2 Å². The molecule has 1 aliphatic heterocycles. The average molecular weight is 484 g/mol. The number of likely N-dealkylation sites (tertiary alicyclic amines) is 1. The molecule has 1 fully saturated rings. The maximum absolute atomic E-state index is 11.2. The highest BCUT2D eigenvalue weighted by Crippen LogP contribution is 2.29. The van der Waals surface area contributed by atoms with Crippen molar-refractivity contribution >= 4 is 11.6 Å². The molecule has 7 heteroatoms. The standard InChI is InChI=1S/C27H34ClN3O3/c1-21-8-9-25(28)26(14-21)34-20-27(32)10-4-11-30(19-27)18-23-6-3-7-24(15-23)33-13-5-12-31-17-22(2)16-29-31/h3,6-9,14-17,32H,4-5,10-13,18-20H2,1-2H3/t27-/m0/s1. The summed E-state index contributed by atoms with van der Waals surface area (Å²) in [5, 5.41) is 16.1. The number of rotatable bonds is 10. The number of benzene rings is 2. The van der Waals surface area contributed by atoms with Crippen LogP contribution in [0.25, 0.3) is 0 Å². The van der Waals surface area contributed by atoms with Gasteiger partial charge in [-0.2, -0.15) is 5.10 Å². The van der Waals surface area contributed by atoms with Gasteiger partial charge in [0.05, 0.1) is 17.8 Å². The highest BCUT2D eigenvalue weighted by atomic mass is 35.5. The molecule has 1 saturated heterocycles. The van der Waals surface area contributed by atoms with Gasteiger partial charge in [0.2, 0.25) is 0 Å². The summed E-state index contributed by atoms with van der Waals surface area (Å²) in [6.45, 7) is 8.02. The number of hydrogen-bond acceptors (Lipinski definition) is 5. The topological polar surface area (TPSA) is 59.8 Å². The van der Waals surface area contributed by atoms with E-state index in [1.54, 1.807) is 0 Å². The van der Waals surface area contributed by atoms with Gasteiger partial charge in [-0.15, -0.1) is 0 Å². The lowest BCUT2D eigenvalue weighted by Gasteiger charge is -2.39. The Kier molecular flexibility index (Phi) is 8.14. The maximum atomic E-state index is 11.2. The molecular formula is C27H34ClN3O3. The van der Waals surface area contributed by atoms with Gasteiger partial charge in [0.15, 0.2) is 0 Å². The smallest absolute Gasteiger partial charge is 0.138 e. The van der Waals surface area contributed by atoms with E-state index in [2.05, 4.69) is 22.1 Å². The molecule has 6 nitrogen and oxygen atoms in total. The monoisotopic (exact) mass is 483 g/mol. The quantitative estimate of drug-likeness (QED) is 0.410. The molecule has 0 bridgehead atoms. The van der Waals surface area contributed by atoms with Gasteiger partial charge < -0.3 is 14.6 Å². The van der Waals surface area contributed by atoms with E-state index in [1.165, 1.54) is 11.1 Å². The molecule has 0 saturated carbocycles. The number of β-amino-alcohol motifs (C(OH)–C–C–N with tert-alkyl or cyclic N) is 1. The van der Waals surface area contributed by atoms with E-state index in [4.69, 9.17) is 21.1 Å². The first kappa shape index (κ1) is 24.6. The predicted octanol–water partition coefficient (Wildman–Crippen LogP) is 5.03. The van der Waals surface area contributed by atoms with Crippen molar-refractivity contribution < 1.29 is 14.6 Å². The van der Waals surface area contributed by atoms with Crippen LogP contribution >= 0.6 is 11.6 Å². The van der Waals surface area contributed by atoms with Crippen LogP contribution in [0.1, 0.15) is 36.0 Å². The molecule has 1 atom stereocenters. The molecule has 0 unspecified atom stereocenters.